The third kappa shape index (κ3) is 3.83. The molecule has 0 saturated heterocycles. The zero-order valence-electron chi connectivity index (χ0n) is 15.9. The average Bonchev–Trinajstić information content (AvgIpc) is 2.66. The number of carbonyl (C=O) groups excluding carboxylic acids is 2. The van der Waals surface area contributed by atoms with Crippen molar-refractivity contribution in [2.75, 3.05) is 13.2 Å². The van der Waals surface area contributed by atoms with Crippen LogP contribution in [0.2, 0.25) is 0 Å². The fraction of sp³-hybridized carbons (Fsp3) is 0.429. The number of aliphatic carboxylic acids is 1. The molecule has 1 N–H and O–H groups in total. The van der Waals surface area contributed by atoms with E-state index in [1.165, 1.54) is 0 Å². The van der Waals surface area contributed by atoms with Gasteiger partial charge in [-0.05, 0) is 32.8 Å². The number of carboxylic acid groups (broad SMARTS) is 1. The average molecular weight is 385 g/mol. The fourth-order valence-electron chi connectivity index (χ4n) is 3.89. The minimum atomic E-state index is -1.10. The molecule has 2 atom stereocenters. The molecule has 0 saturated carbocycles. The van der Waals surface area contributed by atoms with Crippen molar-refractivity contribution in [2.45, 2.75) is 39.0 Å². The molecule has 1 aliphatic heterocycles. The summed E-state index contributed by atoms with van der Waals surface area (Å²) in [6.45, 7) is 3.19. The summed E-state index contributed by atoms with van der Waals surface area (Å²) in [6.07, 6.45) is 1.79. The molecular weight excluding hydrogens is 362 g/mol. The smallest absolute Gasteiger partial charge is 0.341 e. The van der Waals surface area contributed by atoms with E-state index in [4.69, 9.17) is 14.6 Å². The Labute approximate surface area is 163 Å². The lowest BCUT2D eigenvalue weighted by Gasteiger charge is -2.35. The van der Waals surface area contributed by atoms with Gasteiger partial charge in [0.15, 0.2) is 12.4 Å². The lowest BCUT2D eigenvalue weighted by atomic mass is 9.71. The zero-order valence-corrected chi connectivity index (χ0v) is 15.9. The number of carbonyl (C=O) groups is 3. The first-order valence-electron chi connectivity index (χ1n) is 9.35. The molecule has 2 aliphatic rings. The monoisotopic (exact) mass is 385 g/mol. The van der Waals surface area contributed by atoms with Gasteiger partial charge < -0.3 is 14.6 Å². The topological polar surface area (TPSA) is 102 Å². The van der Waals surface area contributed by atoms with Crippen molar-refractivity contribution >= 4 is 23.4 Å². The summed E-state index contributed by atoms with van der Waals surface area (Å²) in [5.74, 6) is -2.62. The molecule has 3 rings (SSSR count). The van der Waals surface area contributed by atoms with Crippen molar-refractivity contribution < 1.29 is 29.0 Å². The summed E-state index contributed by atoms with van der Waals surface area (Å²) in [5, 5.41) is 8.98. The van der Waals surface area contributed by atoms with E-state index in [-0.39, 0.29) is 12.4 Å². The lowest BCUT2D eigenvalue weighted by molar-refractivity contribution is -0.146. The first-order valence-corrected chi connectivity index (χ1v) is 9.35. The number of aliphatic imine (C=N–C) groups is 1. The quantitative estimate of drug-likeness (QED) is 0.756. The van der Waals surface area contributed by atoms with E-state index < -0.39 is 30.4 Å². The van der Waals surface area contributed by atoms with Crippen LogP contribution in [0.3, 0.4) is 0 Å². The molecule has 1 aromatic carbocycles. The van der Waals surface area contributed by atoms with Crippen molar-refractivity contribution in [3.63, 3.8) is 0 Å². The normalized spacial score (nSPS) is 21.6. The van der Waals surface area contributed by atoms with Crippen LogP contribution in [0, 0.1) is 5.92 Å². The van der Waals surface area contributed by atoms with Crippen molar-refractivity contribution in [3.05, 3.63) is 41.1 Å². The Morgan fingerprint density at radius 2 is 2.00 bits per heavy atom. The number of allylic oxidation sites excluding steroid dienone is 2. The molecule has 0 radical (unpaired) electrons. The number of ketones is 1. The Balaban J connectivity index is 2.14. The van der Waals surface area contributed by atoms with Crippen molar-refractivity contribution in [1.29, 1.82) is 0 Å². The van der Waals surface area contributed by atoms with Crippen molar-refractivity contribution in [3.8, 4) is 5.75 Å². The van der Waals surface area contributed by atoms with E-state index in [9.17, 15) is 14.4 Å². The minimum Gasteiger partial charge on any atom is -0.482 e. The summed E-state index contributed by atoms with van der Waals surface area (Å²) in [6, 6.07) is 6.91. The summed E-state index contributed by atoms with van der Waals surface area (Å²) >= 11 is 0. The van der Waals surface area contributed by atoms with Crippen LogP contribution >= 0.6 is 0 Å². The number of para-hydroxylation sites is 1. The minimum absolute atomic E-state index is 0.0372. The molecule has 1 aromatic rings. The van der Waals surface area contributed by atoms with Gasteiger partial charge in [-0.15, -0.1) is 0 Å². The third-order valence-corrected chi connectivity index (χ3v) is 4.98. The van der Waals surface area contributed by atoms with Gasteiger partial charge in [0, 0.05) is 34.9 Å². The van der Waals surface area contributed by atoms with Gasteiger partial charge in [0.05, 0.1) is 6.61 Å². The number of rotatable bonds is 6. The van der Waals surface area contributed by atoms with E-state index in [0.29, 0.717) is 41.1 Å². The van der Waals surface area contributed by atoms with Crippen LogP contribution in [-0.2, 0) is 19.1 Å². The molecule has 148 valence electrons. The SMILES string of the molecule is CCOC(=O)C1C(C)=NC2=C(C(=O)CCC2)[C@@H]1c1ccccc1OCC(=O)O. The summed E-state index contributed by atoms with van der Waals surface area (Å²) in [4.78, 5) is 41.1. The number of Topliss-reactive ketones (excluding diaryl/α,β-unsaturated/α-hetero) is 1. The Morgan fingerprint density at radius 3 is 2.71 bits per heavy atom. The van der Waals surface area contributed by atoms with Gasteiger partial charge in [0.1, 0.15) is 11.7 Å². The highest BCUT2D eigenvalue weighted by Gasteiger charge is 2.44. The second kappa shape index (κ2) is 8.37. The van der Waals surface area contributed by atoms with Gasteiger partial charge in [0.25, 0.3) is 0 Å². The van der Waals surface area contributed by atoms with Crippen LogP contribution < -0.4 is 4.74 Å². The van der Waals surface area contributed by atoms with Crippen molar-refractivity contribution in [2.24, 2.45) is 10.9 Å². The Hall–Kier alpha value is -2.96. The van der Waals surface area contributed by atoms with Crippen LogP contribution in [0.25, 0.3) is 0 Å². The van der Waals surface area contributed by atoms with E-state index in [2.05, 4.69) is 4.99 Å². The standard InChI is InChI=1S/C21H23NO6/c1-3-27-21(26)18-12(2)22-14-8-6-9-15(23)20(14)19(18)13-7-4-5-10-16(13)28-11-17(24)25/h4-5,7,10,18-19H,3,6,8-9,11H2,1-2H3,(H,24,25)/t18?,19-/m1/s1. The van der Waals surface area contributed by atoms with Crippen LogP contribution in [0.15, 0.2) is 40.5 Å². The number of ether oxygens (including phenoxy) is 2. The molecule has 7 nitrogen and oxygen atoms in total. The second-order valence-corrected chi connectivity index (χ2v) is 6.82. The molecule has 1 aliphatic carbocycles. The maximum atomic E-state index is 12.8. The fourth-order valence-corrected chi connectivity index (χ4v) is 3.89. The van der Waals surface area contributed by atoms with E-state index >= 15 is 0 Å². The second-order valence-electron chi connectivity index (χ2n) is 6.82. The molecule has 1 heterocycles. The number of esters is 1. The van der Waals surface area contributed by atoms with Gasteiger partial charge in [0.2, 0.25) is 0 Å². The number of hydrogen-bond acceptors (Lipinski definition) is 6. The molecule has 7 heteroatoms. The summed E-state index contributed by atoms with van der Waals surface area (Å²) in [5.41, 5.74) is 2.40. The maximum Gasteiger partial charge on any atom is 0.341 e. The molecular formula is C21H23NO6. The number of carboxylic acids is 1. The first-order chi connectivity index (χ1) is 13.4. The highest BCUT2D eigenvalue weighted by atomic mass is 16.5. The third-order valence-electron chi connectivity index (χ3n) is 4.98. The van der Waals surface area contributed by atoms with Gasteiger partial charge in [-0.2, -0.15) is 0 Å². The molecule has 0 spiro atoms. The van der Waals surface area contributed by atoms with Crippen LogP contribution in [0.5, 0.6) is 5.75 Å². The van der Waals surface area contributed by atoms with Gasteiger partial charge in [-0.1, -0.05) is 18.2 Å². The zero-order chi connectivity index (χ0) is 20.3. The molecule has 0 amide bonds. The number of benzene rings is 1. The summed E-state index contributed by atoms with van der Waals surface area (Å²) in [7, 11) is 0. The Bertz CT molecular complexity index is 869. The van der Waals surface area contributed by atoms with E-state index in [1.807, 2.05) is 0 Å². The predicted molar refractivity (Wildman–Crippen MR) is 101 cm³/mol. The largest absolute Gasteiger partial charge is 0.482 e. The number of nitrogens with zero attached hydrogens (tertiary/aromatic N) is 1. The summed E-state index contributed by atoms with van der Waals surface area (Å²) < 4.78 is 10.7. The molecule has 0 fully saturated rings. The molecule has 0 bridgehead atoms. The molecule has 1 unspecified atom stereocenters. The Morgan fingerprint density at radius 1 is 1.25 bits per heavy atom. The van der Waals surface area contributed by atoms with Gasteiger partial charge >= 0.3 is 11.9 Å². The maximum absolute atomic E-state index is 12.8. The van der Waals surface area contributed by atoms with Crippen molar-refractivity contribution in [1.82, 2.24) is 0 Å². The van der Waals surface area contributed by atoms with Gasteiger partial charge in [-0.25, -0.2) is 4.79 Å². The molecule has 28 heavy (non-hydrogen) atoms. The van der Waals surface area contributed by atoms with E-state index in [0.717, 1.165) is 6.42 Å². The van der Waals surface area contributed by atoms with E-state index in [1.54, 1.807) is 38.1 Å². The first kappa shape index (κ1) is 19.8. The van der Waals surface area contributed by atoms with Gasteiger partial charge in [-0.3, -0.25) is 14.6 Å². The highest BCUT2D eigenvalue weighted by Crippen LogP contribution is 2.46. The highest BCUT2D eigenvalue weighted by molar-refractivity contribution is 6.09. The predicted octanol–water partition coefficient (Wildman–Crippen LogP) is 2.89. The number of hydrogen-bond donors (Lipinski definition) is 1. The lowest BCUT2D eigenvalue weighted by Crippen LogP contribution is -2.37. The van der Waals surface area contributed by atoms with Crippen LogP contribution in [-0.4, -0.2) is 41.8 Å². The van der Waals surface area contributed by atoms with Crippen LogP contribution in [0.4, 0.5) is 0 Å². The Kier molecular flexibility index (Phi) is 5.92. The molecule has 0 aromatic heterocycles. The van der Waals surface area contributed by atoms with Crippen LogP contribution in [0.1, 0.15) is 44.6 Å².